The van der Waals surface area contributed by atoms with E-state index in [1.54, 1.807) is 18.4 Å². The molecule has 1 aliphatic heterocycles. The zero-order chi connectivity index (χ0) is 19.9. The van der Waals surface area contributed by atoms with Gasteiger partial charge in [0, 0.05) is 37.0 Å². The van der Waals surface area contributed by atoms with Crippen molar-refractivity contribution >= 4 is 23.0 Å². The highest BCUT2D eigenvalue weighted by molar-refractivity contribution is 7.09. The summed E-state index contributed by atoms with van der Waals surface area (Å²) in [6.45, 7) is 9.80. The number of ether oxygens (including phenoxy) is 1. The first-order valence-electron chi connectivity index (χ1n) is 9.97. The first-order valence-corrected chi connectivity index (χ1v) is 10.9. The molecule has 0 aliphatic carbocycles. The minimum Gasteiger partial charge on any atom is -0.495 e. The summed E-state index contributed by atoms with van der Waals surface area (Å²) >= 11 is 1.72. The van der Waals surface area contributed by atoms with Crippen LogP contribution >= 0.6 is 11.3 Å². The van der Waals surface area contributed by atoms with E-state index < -0.39 is 0 Å². The molecule has 0 amide bonds. The molecule has 1 aliphatic rings. The number of aliphatic imine (C=N–C) groups is 1. The lowest BCUT2D eigenvalue weighted by Gasteiger charge is -2.22. The van der Waals surface area contributed by atoms with Crippen molar-refractivity contribution < 1.29 is 4.74 Å². The number of para-hydroxylation sites is 2. The molecule has 152 valence electrons. The number of nitrogens with zero attached hydrogens (tertiary/aromatic N) is 3. The van der Waals surface area contributed by atoms with Gasteiger partial charge in [0.15, 0.2) is 5.96 Å². The molecule has 1 fully saturated rings. The average Bonchev–Trinajstić information content (AvgIpc) is 3.36. The Hall–Kier alpha value is -2.28. The largest absolute Gasteiger partial charge is 0.495 e. The van der Waals surface area contributed by atoms with Crippen molar-refractivity contribution in [3.8, 4) is 5.75 Å². The van der Waals surface area contributed by atoms with Crippen LogP contribution < -0.4 is 20.3 Å². The van der Waals surface area contributed by atoms with E-state index in [1.807, 2.05) is 12.1 Å². The quantitative estimate of drug-likeness (QED) is 0.548. The van der Waals surface area contributed by atoms with Crippen LogP contribution in [-0.2, 0) is 6.54 Å². The van der Waals surface area contributed by atoms with Gasteiger partial charge in [-0.15, -0.1) is 11.3 Å². The fourth-order valence-electron chi connectivity index (χ4n) is 3.32. The van der Waals surface area contributed by atoms with Crippen molar-refractivity contribution in [1.29, 1.82) is 0 Å². The van der Waals surface area contributed by atoms with Gasteiger partial charge in [-0.05, 0) is 25.5 Å². The van der Waals surface area contributed by atoms with Gasteiger partial charge in [0.25, 0.3) is 0 Å². The first kappa shape index (κ1) is 20.5. The van der Waals surface area contributed by atoms with E-state index in [0.29, 0.717) is 18.5 Å². The summed E-state index contributed by atoms with van der Waals surface area (Å²) < 4.78 is 5.51. The van der Waals surface area contributed by atoms with Crippen LogP contribution in [0.4, 0.5) is 5.69 Å². The predicted molar refractivity (Wildman–Crippen MR) is 118 cm³/mol. The van der Waals surface area contributed by atoms with Gasteiger partial charge in [0.1, 0.15) is 5.75 Å². The van der Waals surface area contributed by atoms with Gasteiger partial charge in [-0.25, -0.2) is 9.98 Å². The molecule has 3 rings (SSSR count). The second-order valence-electron chi connectivity index (χ2n) is 7.27. The van der Waals surface area contributed by atoms with E-state index in [9.17, 15) is 0 Å². The zero-order valence-electron chi connectivity index (χ0n) is 17.2. The van der Waals surface area contributed by atoms with Crippen molar-refractivity contribution in [2.45, 2.75) is 45.7 Å². The lowest BCUT2D eigenvalue weighted by molar-refractivity contribution is 0.415. The Morgan fingerprint density at radius 1 is 1.39 bits per heavy atom. The van der Waals surface area contributed by atoms with Gasteiger partial charge in [-0.3, -0.25) is 0 Å². The molecule has 2 aromatic rings. The molecular formula is C21H31N5OS. The summed E-state index contributed by atoms with van der Waals surface area (Å²) in [5.74, 6) is 2.25. The monoisotopic (exact) mass is 401 g/mol. The highest BCUT2D eigenvalue weighted by Gasteiger charge is 2.25. The highest BCUT2D eigenvalue weighted by atomic mass is 32.1. The minimum absolute atomic E-state index is 0.351. The summed E-state index contributed by atoms with van der Waals surface area (Å²) in [7, 11) is 1.73. The maximum atomic E-state index is 5.51. The van der Waals surface area contributed by atoms with E-state index in [4.69, 9.17) is 9.73 Å². The van der Waals surface area contributed by atoms with E-state index in [1.165, 1.54) is 5.01 Å². The van der Waals surface area contributed by atoms with E-state index in [-0.39, 0.29) is 0 Å². The summed E-state index contributed by atoms with van der Waals surface area (Å²) in [6.07, 6.45) is 1.07. The molecule has 1 atom stereocenters. The highest BCUT2D eigenvalue weighted by Crippen LogP contribution is 2.30. The predicted octanol–water partition coefficient (Wildman–Crippen LogP) is 3.61. The van der Waals surface area contributed by atoms with Crippen molar-refractivity contribution in [2.75, 3.05) is 31.6 Å². The Labute approximate surface area is 172 Å². The lowest BCUT2D eigenvalue weighted by Crippen LogP contribution is -2.44. The number of benzene rings is 1. The van der Waals surface area contributed by atoms with Crippen molar-refractivity contribution in [1.82, 2.24) is 15.6 Å². The Morgan fingerprint density at radius 3 is 2.93 bits per heavy atom. The number of rotatable bonds is 7. The average molecular weight is 402 g/mol. The SMILES string of the molecule is CCNC(=NCc1csc(C(C)C)n1)NC1CCN(c2ccccc2OC)C1. The Bertz CT molecular complexity index is 789. The molecule has 2 heterocycles. The van der Waals surface area contributed by atoms with Crippen molar-refractivity contribution in [3.05, 3.63) is 40.3 Å². The summed E-state index contributed by atoms with van der Waals surface area (Å²) in [6, 6.07) is 8.55. The molecule has 0 saturated carbocycles. The van der Waals surface area contributed by atoms with Gasteiger partial charge in [0.2, 0.25) is 0 Å². The molecule has 1 saturated heterocycles. The van der Waals surface area contributed by atoms with Crippen LogP contribution in [0.5, 0.6) is 5.75 Å². The summed E-state index contributed by atoms with van der Waals surface area (Å²) in [5.41, 5.74) is 2.19. The molecule has 6 nitrogen and oxygen atoms in total. The third-order valence-electron chi connectivity index (χ3n) is 4.76. The molecule has 0 radical (unpaired) electrons. The van der Waals surface area contributed by atoms with Crippen LogP contribution in [0.1, 0.15) is 43.8 Å². The Kier molecular flexibility index (Phi) is 7.14. The van der Waals surface area contributed by atoms with Crippen LogP contribution in [0.2, 0.25) is 0 Å². The van der Waals surface area contributed by atoms with Crippen LogP contribution in [-0.4, -0.2) is 43.7 Å². The molecule has 0 spiro atoms. The number of methoxy groups -OCH3 is 1. The second-order valence-corrected chi connectivity index (χ2v) is 8.16. The molecule has 1 unspecified atom stereocenters. The summed E-state index contributed by atoms with van der Waals surface area (Å²) in [4.78, 5) is 11.8. The number of nitrogens with one attached hydrogen (secondary N) is 2. The van der Waals surface area contributed by atoms with Crippen LogP contribution in [0.3, 0.4) is 0 Å². The molecule has 1 aromatic heterocycles. The topological polar surface area (TPSA) is 61.8 Å². The molecular weight excluding hydrogens is 370 g/mol. The number of hydrogen-bond donors (Lipinski definition) is 2. The number of aromatic nitrogens is 1. The molecule has 0 bridgehead atoms. The Morgan fingerprint density at radius 2 is 2.21 bits per heavy atom. The van der Waals surface area contributed by atoms with Crippen LogP contribution in [0, 0.1) is 0 Å². The fourth-order valence-corrected chi connectivity index (χ4v) is 4.15. The normalized spacial score (nSPS) is 17.2. The molecule has 2 N–H and O–H groups in total. The van der Waals surface area contributed by atoms with Crippen molar-refractivity contribution in [2.24, 2.45) is 4.99 Å². The van der Waals surface area contributed by atoms with Gasteiger partial charge in [0.05, 0.1) is 30.0 Å². The standard InChI is InChI=1S/C21H31N5OS/c1-5-22-21(23-12-17-14-28-20(24-17)15(2)3)25-16-10-11-26(13-16)18-8-6-7-9-19(18)27-4/h6-9,14-16H,5,10-13H2,1-4H3,(H2,22,23,25). The number of anilines is 1. The number of thiazole rings is 1. The van der Waals surface area contributed by atoms with Gasteiger partial charge in [-0.1, -0.05) is 26.0 Å². The van der Waals surface area contributed by atoms with E-state index in [0.717, 1.165) is 49.1 Å². The lowest BCUT2D eigenvalue weighted by atomic mass is 10.2. The smallest absolute Gasteiger partial charge is 0.191 e. The van der Waals surface area contributed by atoms with Gasteiger partial charge in [-0.2, -0.15) is 0 Å². The number of hydrogen-bond acceptors (Lipinski definition) is 5. The first-order chi connectivity index (χ1) is 13.6. The second kappa shape index (κ2) is 9.78. The Balaban J connectivity index is 1.61. The maximum Gasteiger partial charge on any atom is 0.191 e. The maximum absolute atomic E-state index is 5.51. The molecule has 1 aromatic carbocycles. The van der Waals surface area contributed by atoms with Crippen LogP contribution in [0.25, 0.3) is 0 Å². The third kappa shape index (κ3) is 5.16. The van der Waals surface area contributed by atoms with Gasteiger partial charge < -0.3 is 20.3 Å². The summed E-state index contributed by atoms with van der Waals surface area (Å²) in [5, 5.41) is 10.2. The van der Waals surface area contributed by atoms with Crippen LogP contribution in [0.15, 0.2) is 34.6 Å². The number of guanidine groups is 1. The van der Waals surface area contributed by atoms with Gasteiger partial charge >= 0.3 is 0 Å². The van der Waals surface area contributed by atoms with E-state index in [2.05, 4.69) is 58.8 Å². The molecule has 28 heavy (non-hydrogen) atoms. The third-order valence-corrected chi connectivity index (χ3v) is 5.96. The molecule has 7 heteroatoms. The minimum atomic E-state index is 0.351. The fraction of sp³-hybridized carbons (Fsp3) is 0.524. The zero-order valence-corrected chi connectivity index (χ0v) is 18.1. The van der Waals surface area contributed by atoms with E-state index >= 15 is 0 Å². The van der Waals surface area contributed by atoms with Crippen molar-refractivity contribution in [3.63, 3.8) is 0 Å².